The van der Waals surface area contributed by atoms with E-state index >= 15 is 0 Å². The van der Waals surface area contributed by atoms with E-state index in [0.717, 1.165) is 25.0 Å². The van der Waals surface area contributed by atoms with Gasteiger partial charge in [0.25, 0.3) is 0 Å². The maximum absolute atomic E-state index is 13.5. The van der Waals surface area contributed by atoms with E-state index in [-0.39, 0.29) is 27.5 Å². The van der Waals surface area contributed by atoms with E-state index in [1.54, 1.807) is 10.6 Å². The molecule has 0 radical (unpaired) electrons. The Bertz CT molecular complexity index is 895. The maximum Gasteiger partial charge on any atom is 0.208 e. The summed E-state index contributed by atoms with van der Waals surface area (Å²) >= 11 is 0. The zero-order chi connectivity index (χ0) is 15.3. The highest BCUT2D eigenvalue weighted by molar-refractivity contribution is 7.84. The van der Waals surface area contributed by atoms with Gasteiger partial charge in [-0.15, -0.1) is 0 Å². The first-order chi connectivity index (χ1) is 9.95. The van der Waals surface area contributed by atoms with Gasteiger partial charge in [-0.1, -0.05) is 0 Å². The van der Waals surface area contributed by atoms with Crippen molar-refractivity contribution in [1.29, 1.82) is 5.26 Å². The molecule has 1 heterocycles. The van der Waals surface area contributed by atoms with Gasteiger partial charge < -0.3 is 4.57 Å². The highest BCUT2D eigenvalue weighted by Gasteiger charge is 2.31. The molecule has 0 amide bonds. The summed E-state index contributed by atoms with van der Waals surface area (Å²) in [7, 11) is -1.59. The molecule has 1 saturated carbocycles. The van der Waals surface area contributed by atoms with Crippen molar-refractivity contribution in [3.8, 4) is 6.07 Å². The minimum atomic E-state index is -1.59. The molecule has 7 heteroatoms. The van der Waals surface area contributed by atoms with Gasteiger partial charge in [-0.25, -0.2) is 8.78 Å². The minimum Gasteiger partial charge on any atom is -0.329 e. The Morgan fingerprint density at radius 3 is 2.48 bits per heavy atom. The first-order valence-corrected chi connectivity index (χ1v) is 7.82. The lowest BCUT2D eigenvalue weighted by Crippen LogP contribution is -2.19. The van der Waals surface area contributed by atoms with Crippen LogP contribution in [0.25, 0.3) is 10.9 Å². The molecule has 3 rings (SSSR count). The van der Waals surface area contributed by atoms with Crippen LogP contribution in [-0.2, 0) is 10.8 Å². The Morgan fingerprint density at radius 2 is 1.95 bits per heavy atom. The van der Waals surface area contributed by atoms with Crippen molar-refractivity contribution in [2.24, 2.45) is 0 Å². The van der Waals surface area contributed by atoms with E-state index in [0.29, 0.717) is 0 Å². The van der Waals surface area contributed by atoms with E-state index in [1.165, 1.54) is 6.26 Å². The van der Waals surface area contributed by atoms with E-state index in [9.17, 15) is 23.0 Å². The second-order valence-electron chi connectivity index (χ2n) is 4.96. The van der Waals surface area contributed by atoms with Crippen LogP contribution in [0.15, 0.2) is 22.0 Å². The second kappa shape index (κ2) is 4.74. The van der Waals surface area contributed by atoms with Crippen LogP contribution in [0.1, 0.15) is 24.4 Å². The Balaban J connectivity index is 2.58. The van der Waals surface area contributed by atoms with Crippen LogP contribution in [0.2, 0.25) is 0 Å². The van der Waals surface area contributed by atoms with E-state index in [1.807, 2.05) is 0 Å². The number of benzene rings is 1. The molecule has 0 N–H and O–H groups in total. The number of pyridine rings is 1. The van der Waals surface area contributed by atoms with Gasteiger partial charge in [-0.3, -0.25) is 9.00 Å². The fourth-order valence-electron chi connectivity index (χ4n) is 2.46. The van der Waals surface area contributed by atoms with Crippen molar-refractivity contribution in [3.05, 3.63) is 39.6 Å². The summed E-state index contributed by atoms with van der Waals surface area (Å²) in [5.74, 6) is -2.22. The molecule has 1 atom stereocenters. The van der Waals surface area contributed by atoms with Crippen molar-refractivity contribution >= 4 is 21.7 Å². The molecule has 1 aromatic carbocycles. The number of nitriles is 1. The summed E-state index contributed by atoms with van der Waals surface area (Å²) in [4.78, 5) is 12.3. The largest absolute Gasteiger partial charge is 0.329 e. The van der Waals surface area contributed by atoms with Crippen LogP contribution < -0.4 is 5.43 Å². The smallest absolute Gasteiger partial charge is 0.208 e. The van der Waals surface area contributed by atoms with Gasteiger partial charge >= 0.3 is 0 Å². The SMILES string of the molecule is CS(=O)c1c(C#N)c(=O)c2cc(F)c(F)cc2n1C1CC1. The molecule has 1 aliphatic rings. The number of nitrogens with zero attached hydrogens (tertiary/aromatic N) is 2. The number of rotatable bonds is 2. The third-order valence-electron chi connectivity index (χ3n) is 3.50. The number of hydrogen-bond acceptors (Lipinski definition) is 3. The topological polar surface area (TPSA) is 62.9 Å². The third-order valence-corrected chi connectivity index (χ3v) is 4.44. The highest BCUT2D eigenvalue weighted by Crippen LogP contribution is 2.39. The van der Waals surface area contributed by atoms with Gasteiger partial charge in [0.2, 0.25) is 5.43 Å². The number of aromatic nitrogens is 1. The minimum absolute atomic E-state index is 0.0380. The van der Waals surface area contributed by atoms with E-state index in [4.69, 9.17) is 0 Å². The Labute approximate surface area is 121 Å². The van der Waals surface area contributed by atoms with Crippen LogP contribution >= 0.6 is 0 Å². The summed E-state index contributed by atoms with van der Waals surface area (Å²) in [6.45, 7) is 0. The summed E-state index contributed by atoms with van der Waals surface area (Å²) in [5, 5.41) is 9.22. The van der Waals surface area contributed by atoms with Crippen LogP contribution in [0, 0.1) is 23.0 Å². The van der Waals surface area contributed by atoms with Gasteiger partial charge in [0.15, 0.2) is 11.6 Å². The van der Waals surface area contributed by atoms with Crippen LogP contribution in [-0.4, -0.2) is 15.0 Å². The fourth-order valence-corrected chi connectivity index (χ4v) is 3.41. The molecule has 1 aromatic heterocycles. The molecule has 1 unspecified atom stereocenters. The summed E-state index contributed by atoms with van der Waals surface area (Å²) in [6.07, 6.45) is 2.93. The lowest BCUT2D eigenvalue weighted by molar-refractivity contribution is 0.509. The molecule has 0 saturated heterocycles. The van der Waals surface area contributed by atoms with E-state index in [2.05, 4.69) is 0 Å². The monoisotopic (exact) mass is 308 g/mol. The van der Waals surface area contributed by atoms with Crippen molar-refractivity contribution < 1.29 is 13.0 Å². The van der Waals surface area contributed by atoms with Crippen LogP contribution in [0.3, 0.4) is 0 Å². The number of halogens is 2. The Hall–Kier alpha value is -2.07. The van der Waals surface area contributed by atoms with Gasteiger partial charge in [0, 0.05) is 18.4 Å². The Morgan fingerprint density at radius 1 is 1.33 bits per heavy atom. The molecule has 1 aliphatic carbocycles. The third kappa shape index (κ3) is 2.07. The number of hydrogen-bond donors (Lipinski definition) is 0. The molecule has 2 aromatic rings. The first-order valence-electron chi connectivity index (χ1n) is 6.26. The molecule has 4 nitrogen and oxygen atoms in total. The quantitative estimate of drug-likeness (QED) is 0.854. The van der Waals surface area contributed by atoms with Crippen molar-refractivity contribution in [3.63, 3.8) is 0 Å². The lowest BCUT2D eigenvalue weighted by Gasteiger charge is -2.16. The average Bonchev–Trinajstić information content (AvgIpc) is 3.25. The maximum atomic E-state index is 13.5. The summed E-state index contributed by atoms with van der Waals surface area (Å²) in [6, 6.07) is 3.45. The molecular weight excluding hydrogens is 298 g/mol. The summed E-state index contributed by atoms with van der Waals surface area (Å²) < 4.78 is 40.4. The second-order valence-corrected chi connectivity index (χ2v) is 6.25. The van der Waals surface area contributed by atoms with E-state index < -0.39 is 27.9 Å². The molecule has 108 valence electrons. The normalized spacial score (nSPS) is 15.9. The highest BCUT2D eigenvalue weighted by atomic mass is 32.2. The van der Waals surface area contributed by atoms with Gasteiger partial charge in [0.1, 0.15) is 16.7 Å². The van der Waals surface area contributed by atoms with Crippen LogP contribution in [0.5, 0.6) is 0 Å². The predicted octanol–water partition coefficient (Wildman–Crippen LogP) is 2.22. The molecule has 0 bridgehead atoms. The van der Waals surface area contributed by atoms with Crippen LogP contribution in [0.4, 0.5) is 8.78 Å². The number of fused-ring (bicyclic) bond motifs is 1. The van der Waals surface area contributed by atoms with Crippen molar-refractivity contribution in [2.75, 3.05) is 6.26 Å². The molecular formula is C14H10F2N2O2S. The average molecular weight is 308 g/mol. The molecule has 0 aliphatic heterocycles. The zero-order valence-corrected chi connectivity index (χ0v) is 11.8. The first kappa shape index (κ1) is 13.9. The van der Waals surface area contributed by atoms with Gasteiger partial charge in [0.05, 0.1) is 21.7 Å². The van der Waals surface area contributed by atoms with Crippen molar-refractivity contribution in [2.45, 2.75) is 23.9 Å². The molecule has 0 spiro atoms. The standard InChI is InChI=1S/C14H10F2N2O2S/c1-21(20)14-9(6-17)13(19)8-4-10(15)11(16)5-12(8)18(14)7-2-3-7/h4-5,7H,2-3H2,1H3. The summed E-state index contributed by atoms with van der Waals surface area (Å²) in [5.41, 5.74) is -0.791. The zero-order valence-electron chi connectivity index (χ0n) is 11.0. The lowest BCUT2D eigenvalue weighted by atomic mass is 10.1. The van der Waals surface area contributed by atoms with Gasteiger partial charge in [-0.05, 0) is 18.9 Å². The predicted molar refractivity (Wildman–Crippen MR) is 73.4 cm³/mol. The fraction of sp³-hybridized carbons (Fsp3) is 0.286. The van der Waals surface area contributed by atoms with Crippen molar-refractivity contribution in [1.82, 2.24) is 4.57 Å². The Kier molecular flexibility index (Phi) is 3.14. The molecule has 21 heavy (non-hydrogen) atoms. The molecule has 1 fully saturated rings. The van der Waals surface area contributed by atoms with Gasteiger partial charge in [-0.2, -0.15) is 5.26 Å².